The summed E-state index contributed by atoms with van der Waals surface area (Å²) in [6.45, 7) is -0.614. The number of ether oxygens (including phenoxy) is 4. The highest BCUT2D eigenvalue weighted by atomic mass is 16.7. The summed E-state index contributed by atoms with van der Waals surface area (Å²) < 4.78 is 27.5. The number of fused-ring (bicyclic) bond motifs is 1. The molecule has 2 aromatic carbocycles. The molecule has 0 bridgehead atoms. The fourth-order valence-electron chi connectivity index (χ4n) is 3.63. The van der Waals surface area contributed by atoms with E-state index in [4.69, 9.17) is 23.4 Å². The fraction of sp³-hybridized carbons (Fsp3) is 0.348. The minimum Gasteiger partial charge on any atom is -0.497 e. The standard InChI is InChI=1S/C23H24O10/c1-29-12-5-3-11(4-6-12)15-9-14(25)19-16(31-15)7-13(30-2)8-17(19)32-23-22(28)21(27)20(26)18(10-24)33-23/h3-9,18,20-24,26-28H,10H2,1-2H3. The lowest BCUT2D eigenvalue weighted by molar-refractivity contribution is -0.277. The zero-order valence-corrected chi connectivity index (χ0v) is 17.9. The SMILES string of the molecule is COc1ccc(-c2cc(=O)c3c(OC4OC(CO)C(O)C(O)C4O)cc(OC)cc3o2)cc1. The van der Waals surface area contributed by atoms with E-state index in [0.717, 1.165) is 0 Å². The Morgan fingerprint density at radius 2 is 1.61 bits per heavy atom. The number of rotatable bonds is 6. The molecule has 4 N–H and O–H groups in total. The second-order valence-electron chi connectivity index (χ2n) is 7.52. The van der Waals surface area contributed by atoms with Gasteiger partial charge in [0.05, 0.1) is 20.8 Å². The van der Waals surface area contributed by atoms with Crippen LogP contribution in [0.3, 0.4) is 0 Å². The second-order valence-corrected chi connectivity index (χ2v) is 7.52. The predicted octanol–water partition coefficient (Wildman–Crippen LogP) is 0.656. The normalized spacial score (nSPS) is 25.1. The Morgan fingerprint density at radius 3 is 2.24 bits per heavy atom. The van der Waals surface area contributed by atoms with E-state index in [2.05, 4.69) is 0 Å². The molecule has 1 fully saturated rings. The van der Waals surface area contributed by atoms with Crippen molar-refractivity contribution >= 4 is 11.0 Å². The molecule has 176 valence electrons. The minimum atomic E-state index is -1.64. The summed E-state index contributed by atoms with van der Waals surface area (Å²) in [4.78, 5) is 13.0. The van der Waals surface area contributed by atoms with Crippen LogP contribution in [0.5, 0.6) is 17.2 Å². The van der Waals surface area contributed by atoms with Gasteiger partial charge in [-0.3, -0.25) is 4.79 Å². The van der Waals surface area contributed by atoms with Crippen molar-refractivity contribution in [3.63, 3.8) is 0 Å². The smallest absolute Gasteiger partial charge is 0.229 e. The van der Waals surface area contributed by atoms with Gasteiger partial charge in [-0.2, -0.15) is 0 Å². The molecule has 1 aromatic heterocycles. The minimum absolute atomic E-state index is 0.0243. The summed E-state index contributed by atoms with van der Waals surface area (Å²) in [6.07, 6.45) is -7.45. The van der Waals surface area contributed by atoms with Crippen molar-refractivity contribution in [1.29, 1.82) is 0 Å². The van der Waals surface area contributed by atoms with E-state index in [-0.39, 0.29) is 16.7 Å². The van der Waals surface area contributed by atoms with E-state index < -0.39 is 42.7 Å². The summed E-state index contributed by atoms with van der Waals surface area (Å²) in [5.74, 6) is 1.24. The lowest BCUT2D eigenvalue weighted by Gasteiger charge is -2.39. The van der Waals surface area contributed by atoms with Gasteiger partial charge in [0.2, 0.25) is 6.29 Å². The van der Waals surface area contributed by atoms with Crippen LogP contribution in [0.1, 0.15) is 0 Å². The summed E-state index contributed by atoms with van der Waals surface area (Å²) >= 11 is 0. The number of aliphatic hydroxyl groups is 4. The van der Waals surface area contributed by atoms with Crippen LogP contribution in [-0.4, -0.2) is 72.0 Å². The highest BCUT2D eigenvalue weighted by Gasteiger charge is 2.45. The van der Waals surface area contributed by atoms with E-state index in [0.29, 0.717) is 22.8 Å². The van der Waals surface area contributed by atoms with Crippen LogP contribution in [0.15, 0.2) is 51.7 Å². The molecule has 33 heavy (non-hydrogen) atoms. The van der Waals surface area contributed by atoms with Gasteiger partial charge in [-0.1, -0.05) is 0 Å². The Hall–Kier alpha value is -3.15. The number of benzene rings is 2. The summed E-state index contributed by atoms with van der Waals surface area (Å²) in [5.41, 5.74) is 0.380. The van der Waals surface area contributed by atoms with Crippen LogP contribution in [0.25, 0.3) is 22.3 Å². The molecule has 0 spiro atoms. The molecule has 0 saturated carbocycles. The first-order valence-electron chi connectivity index (χ1n) is 10.1. The van der Waals surface area contributed by atoms with Crippen molar-refractivity contribution in [2.45, 2.75) is 30.7 Å². The first-order valence-corrected chi connectivity index (χ1v) is 10.1. The van der Waals surface area contributed by atoms with E-state index >= 15 is 0 Å². The molecular weight excluding hydrogens is 436 g/mol. The molecule has 0 aliphatic carbocycles. The Labute approximate surface area is 188 Å². The Bertz CT molecular complexity index is 1170. The molecule has 4 rings (SSSR count). The molecule has 1 aliphatic rings. The van der Waals surface area contributed by atoms with Crippen molar-refractivity contribution < 1.29 is 43.8 Å². The topological polar surface area (TPSA) is 148 Å². The Kier molecular flexibility index (Phi) is 6.54. The van der Waals surface area contributed by atoms with E-state index in [1.165, 1.54) is 25.3 Å². The largest absolute Gasteiger partial charge is 0.497 e. The molecule has 0 radical (unpaired) electrons. The van der Waals surface area contributed by atoms with E-state index in [1.807, 2.05) is 0 Å². The van der Waals surface area contributed by atoms with E-state index in [1.54, 1.807) is 31.4 Å². The van der Waals surface area contributed by atoms with Gasteiger partial charge in [0.1, 0.15) is 58.4 Å². The van der Waals surface area contributed by atoms with Crippen LogP contribution in [0, 0.1) is 0 Å². The maximum Gasteiger partial charge on any atom is 0.229 e. The first-order chi connectivity index (χ1) is 15.9. The summed E-state index contributed by atoms with van der Waals surface area (Å²) in [5, 5.41) is 39.8. The third-order valence-electron chi connectivity index (χ3n) is 5.47. The molecule has 5 unspecified atom stereocenters. The van der Waals surface area contributed by atoms with Gasteiger partial charge in [-0.25, -0.2) is 0 Å². The average Bonchev–Trinajstić information content (AvgIpc) is 2.83. The Balaban J connectivity index is 1.76. The maximum absolute atomic E-state index is 13.0. The highest BCUT2D eigenvalue weighted by molar-refractivity contribution is 5.86. The molecule has 0 amide bonds. The van der Waals surface area contributed by atoms with Gasteiger partial charge >= 0.3 is 0 Å². The maximum atomic E-state index is 13.0. The number of aliphatic hydroxyl groups excluding tert-OH is 4. The van der Waals surface area contributed by atoms with Gasteiger partial charge in [0.15, 0.2) is 5.43 Å². The molecular formula is C23H24O10. The van der Waals surface area contributed by atoms with Crippen LogP contribution in [0.4, 0.5) is 0 Å². The number of hydrogen-bond donors (Lipinski definition) is 4. The number of methoxy groups -OCH3 is 2. The molecule has 2 heterocycles. The third-order valence-corrected chi connectivity index (χ3v) is 5.47. The fourth-order valence-corrected chi connectivity index (χ4v) is 3.63. The van der Waals surface area contributed by atoms with Crippen molar-refractivity contribution in [3.05, 3.63) is 52.7 Å². The zero-order chi connectivity index (χ0) is 23.7. The van der Waals surface area contributed by atoms with Gasteiger partial charge < -0.3 is 43.8 Å². The monoisotopic (exact) mass is 460 g/mol. The highest BCUT2D eigenvalue weighted by Crippen LogP contribution is 2.34. The van der Waals surface area contributed by atoms with Gasteiger partial charge in [-0.05, 0) is 24.3 Å². The molecule has 10 heteroatoms. The molecule has 5 atom stereocenters. The van der Waals surface area contributed by atoms with Crippen LogP contribution >= 0.6 is 0 Å². The second kappa shape index (κ2) is 9.38. The predicted molar refractivity (Wildman–Crippen MR) is 115 cm³/mol. The van der Waals surface area contributed by atoms with Crippen molar-refractivity contribution in [3.8, 4) is 28.6 Å². The van der Waals surface area contributed by atoms with Crippen LogP contribution in [-0.2, 0) is 4.74 Å². The van der Waals surface area contributed by atoms with Crippen molar-refractivity contribution in [1.82, 2.24) is 0 Å². The third kappa shape index (κ3) is 4.39. The van der Waals surface area contributed by atoms with Crippen molar-refractivity contribution in [2.75, 3.05) is 20.8 Å². The molecule has 3 aromatic rings. The van der Waals surface area contributed by atoms with Gasteiger partial charge in [0.25, 0.3) is 0 Å². The average molecular weight is 460 g/mol. The van der Waals surface area contributed by atoms with Crippen molar-refractivity contribution in [2.24, 2.45) is 0 Å². The zero-order valence-electron chi connectivity index (χ0n) is 17.9. The van der Waals surface area contributed by atoms with E-state index in [9.17, 15) is 25.2 Å². The quantitative estimate of drug-likeness (QED) is 0.413. The summed E-state index contributed by atoms with van der Waals surface area (Å²) in [7, 11) is 2.97. The molecule has 1 aliphatic heterocycles. The number of hydrogen-bond acceptors (Lipinski definition) is 10. The van der Waals surface area contributed by atoms with Gasteiger partial charge in [0, 0.05) is 23.8 Å². The molecule has 1 saturated heterocycles. The van der Waals surface area contributed by atoms with Gasteiger partial charge in [-0.15, -0.1) is 0 Å². The molecule has 10 nitrogen and oxygen atoms in total. The lowest BCUT2D eigenvalue weighted by atomic mass is 9.99. The lowest BCUT2D eigenvalue weighted by Crippen LogP contribution is -2.60. The Morgan fingerprint density at radius 1 is 0.909 bits per heavy atom. The van der Waals surface area contributed by atoms with Crippen LogP contribution < -0.4 is 19.6 Å². The summed E-state index contributed by atoms with van der Waals surface area (Å²) in [6, 6.07) is 11.2. The first kappa shape index (κ1) is 23.0. The van der Waals surface area contributed by atoms with Crippen LogP contribution in [0.2, 0.25) is 0 Å².